The fourth-order valence-electron chi connectivity index (χ4n) is 1.45. The minimum absolute atomic E-state index is 0.756. The van der Waals surface area contributed by atoms with Crippen molar-refractivity contribution < 1.29 is 0 Å². The van der Waals surface area contributed by atoms with Crippen LogP contribution in [0.5, 0.6) is 0 Å². The van der Waals surface area contributed by atoms with Gasteiger partial charge in [0.2, 0.25) is 0 Å². The molecule has 0 fully saturated rings. The summed E-state index contributed by atoms with van der Waals surface area (Å²) in [4.78, 5) is 0. The summed E-state index contributed by atoms with van der Waals surface area (Å²) in [5.41, 5.74) is 1.44. The van der Waals surface area contributed by atoms with Gasteiger partial charge >= 0.3 is 0 Å². The van der Waals surface area contributed by atoms with Crippen molar-refractivity contribution in [1.29, 1.82) is 0 Å². The molecular formula is C13H21N. The predicted octanol–water partition coefficient (Wildman–Crippen LogP) is 2.86. The third kappa shape index (κ3) is 5.03. The van der Waals surface area contributed by atoms with Crippen LogP contribution in [0.25, 0.3) is 0 Å². The molecule has 0 bridgehead atoms. The van der Waals surface area contributed by atoms with Crippen molar-refractivity contribution in [1.82, 2.24) is 5.32 Å². The first-order chi connectivity index (χ1) is 6.79. The molecule has 0 radical (unpaired) electrons. The van der Waals surface area contributed by atoms with Crippen LogP contribution in [0.3, 0.4) is 0 Å². The van der Waals surface area contributed by atoms with Crippen LogP contribution in [0.1, 0.15) is 25.8 Å². The summed E-state index contributed by atoms with van der Waals surface area (Å²) < 4.78 is 0. The van der Waals surface area contributed by atoms with Crippen molar-refractivity contribution in [3.8, 4) is 0 Å². The maximum atomic E-state index is 3.46. The zero-order chi connectivity index (χ0) is 10.2. The highest BCUT2D eigenvalue weighted by atomic mass is 14.8. The average Bonchev–Trinajstić information content (AvgIpc) is 2.18. The van der Waals surface area contributed by atoms with Crippen molar-refractivity contribution in [2.75, 3.05) is 13.1 Å². The van der Waals surface area contributed by atoms with Crippen LogP contribution in [0.2, 0.25) is 0 Å². The maximum absolute atomic E-state index is 3.46. The van der Waals surface area contributed by atoms with Gasteiger partial charge in [-0.05, 0) is 37.4 Å². The van der Waals surface area contributed by atoms with Crippen LogP contribution in [-0.2, 0) is 6.42 Å². The van der Waals surface area contributed by atoms with Gasteiger partial charge in [-0.15, -0.1) is 0 Å². The summed E-state index contributed by atoms with van der Waals surface area (Å²) in [5.74, 6) is 0.756. The molecule has 1 aromatic rings. The minimum Gasteiger partial charge on any atom is -0.316 e. The average molecular weight is 191 g/mol. The van der Waals surface area contributed by atoms with Gasteiger partial charge in [0.25, 0.3) is 0 Å². The standard InChI is InChI=1S/C13H21N/c1-12(2)11-14-10-6-9-13-7-4-3-5-8-13/h3-5,7-8,12,14H,6,9-11H2,1-2H3. The van der Waals surface area contributed by atoms with Gasteiger partial charge in [0.1, 0.15) is 0 Å². The van der Waals surface area contributed by atoms with Gasteiger partial charge in [0.15, 0.2) is 0 Å². The molecular weight excluding hydrogens is 170 g/mol. The molecule has 0 spiro atoms. The summed E-state index contributed by atoms with van der Waals surface area (Å²) in [7, 11) is 0. The summed E-state index contributed by atoms with van der Waals surface area (Å²) in [5, 5.41) is 3.46. The predicted molar refractivity (Wildman–Crippen MR) is 62.5 cm³/mol. The Kier molecular flexibility index (Phi) is 5.31. The van der Waals surface area contributed by atoms with E-state index in [2.05, 4.69) is 49.5 Å². The highest BCUT2D eigenvalue weighted by molar-refractivity contribution is 5.14. The lowest BCUT2D eigenvalue weighted by atomic mass is 10.1. The molecule has 1 aromatic carbocycles. The van der Waals surface area contributed by atoms with E-state index < -0.39 is 0 Å². The Bertz CT molecular complexity index is 228. The lowest BCUT2D eigenvalue weighted by molar-refractivity contribution is 0.543. The normalized spacial score (nSPS) is 10.8. The molecule has 0 unspecified atom stereocenters. The quantitative estimate of drug-likeness (QED) is 0.682. The summed E-state index contributed by atoms with van der Waals surface area (Å²) in [6.45, 7) is 6.75. The lowest BCUT2D eigenvalue weighted by Gasteiger charge is -2.06. The van der Waals surface area contributed by atoms with Crippen LogP contribution in [0.4, 0.5) is 0 Å². The van der Waals surface area contributed by atoms with E-state index >= 15 is 0 Å². The van der Waals surface area contributed by atoms with E-state index in [0.717, 1.165) is 19.0 Å². The third-order valence-electron chi connectivity index (χ3n) is 2.21. The topological polar surface area (TPSA) is 12.0 Å². The first-order valence-corrected chi connectivity index (χ1v) is 5.53. The van der Waals surface area contributed by atoms with E-state index in [-0.39, 0.29) is 0 Å². The van der Waals surface area contributed by atoms with Crippen molar-refractivity contribution in [2.24, 2.45) is 5.92 Å². The molecule has 0 heterocycles. The van der Waals surface area contributed by atoms with Gasteiger partial charge in [0.05, 0.1) is 0 Å². The number of aryl methyl sites for hydroxylation is 1. The van der Waals surface area contributed by atoms with Crippen molar-refractivity contribution in [2.45, 2.75) is 26.7 Å². The molecule has 0 aliphatic carbocycles. The SMILES string of the molecule is CC(C)CNCCCc1ccccc1. The second-order valence-corrected chi connectivity index (χ2v) is 4.19. The molecule has 78 valence electrons. The molecule has 0 aliphatic rings. The van der Waals surface area contributed by atoms with Crippen LogP contribution in [0, 0.1) is 5.92 Å². The van der Waals surface area contributed by atoms with Crippen LogP contribution < -0.4 is 5.32 Å². The van der Waals surface area contributed by atoms with Crippen molar-refractivity contribution in [3.05, 3.63) is 35.9 Å². The second kappa shape index (κ2) is 6.61. The Labute approximate surface area is 87.5 Å². The van der Waals surface area contributed by atoms with E-state index in [0.29, 0.717) is 0 Å². The minimum atomic E-state index is 0.756. The van der Waals surface area contributed by atoms with Gasteiger partial charge in [-0.25, -0.2) is 0 Å². The zero-order valence-corrected chi connectivity index (χ0v) is 9.29. The first-order valence-electron chi connectivity index (χ1n) is 5.53. The van der Waals surface area contributed by atoms with E-state index in [1.54, 1.807) is 0 Å². The van der Waals surface area contributed by atoms with Crippen molar-refractivity contribution in [3.63, 3.8) is 0 Å². The molecule has 1 heteroatoms. The highest BCUT2D eigenvalue weighted by Gasteiger charge is 1.93. The van der Waals surface area contributed by atoms with Gasteiger partial charge in [-0.2, -0.15) is 0 Å². The first kappa shape index (κ1) is 11.3. The van der Waals surface area contributed by atoms with E-state index in [1.807, 2.05) is 0 Å². The van der Waals surface area contributed by atoms with Crippen LogP contribution in [-0.4, -0.2) is 13.1 Å². The molecule has 1 rings (SSSR count). The Morgan fingerprint density at radius 3 is 2.50 bits per heavy atom. The fourth-order valence-corrected chi connectivity index (χ4v) is 1.45. The van der Waals surface area contributed by atoms with Crippen molar-refractivity contribution >= 4 is 0 Å². The second-order valence-electron chi connectivity index (χ2n) is 4.19. The Morgan fingerprint density at radius 1 is 1.14 bits per heavy atom. The third-order valence-corrected chi connectivity index (χ3v) is 2.21. The molecule has 1 nitrogen and oxygen atoms in total. The number of nitrogens with one attached hydrogen (secondary N) is 1. The Hall–Kier alpha value is -0.820. The summed E-state index contributed by atoms with van der Waals surface area (Å²) in [6, 6.07) is 10.7. The van der Waals surface area contributed by atoms with Gasteiger partial charge in [0, 0.05) is 0 Å². The molecule has 0 saturated heterocycles. The summed E-state index contributed by atoms with van der Waals surface area (Å²) in [6.07, 6.45) is 2.42. The number of rotatable bonds is 6. The van der Waals surface area contributed by atoms with Gasteiger partial charge in [-0.3, -0.25) is 0 Å². The molecule has 0 amide bonds. The zero-order valence-electron chi connectivity index (χ0n) is 9.29. The highest BCUT2D eigenvalue weighted by Crippen LogP contribution is 2.01. The van der Waals surface area contributed by atoms with E-state index in [4.69, 9.17) is 0 Å². The fraction of sp³-hybridized carbons (Fsp3) is 0.538. The Balaban J connectivity index is 2.05. The Morgan fingerprint density at radius 2 is 1.86 bits per heavy atom. The molecule has 0 saturated carbocycles. The van der Waals surface area contributed by atoms with E-state index in [1.165, 1.54) is 18.4 Å². The van der Waals surface area contributed by atoms with Crippen LogP contribution >= 0.6 is 0 Å². The lowest BCUT2D eigenvalue weighted by Crippen LogP contribution is -2.21. The van der Waals surface area contributed by atoms with E-state index in [9.17, 15) is 0 Å². The molecule has 14 heavy (non-hydrogen) atoms. The summed E-state index contributed by atoms with van der Waals surface area (Å²) >= 11 is 0. The van der Waals surface area contributed by atoms with Gasteiger partial charge in [-0.1, -0.05) is 44.2 Å². The maximum Gasteiger partial charge on any atom is -0.00258 e. The molecule has 0 atom stereocenters. The molecule has 1 N–H and O–H groups in total. The van der Waals surface area contributed by atoms with Gasteiger partial charge < -0.3 is 5.32 Å². The molecule has 0 aliphatic heterocycles. The number of hydrogen-bond donors (Lipinski definition) is 1. The number of benzene rings is 1. The van der Waals surface area contributed by atoms with Crippen LogP contribution in [0.15, 0.2) is 30.3 Å². The monoisotopic (exact) mass is 191 g/mol. The molecule has 0 aromatic heterocycles. The largest absolute Gasteiger partial charge is 0.316 e. The number of hydrogen-bond acceptors (Lipinski definition) is 1. The smallest absolute Gasteiger partial charge is 0.00258 e.